The van der Waals surface area contributed by atoms with E-state index < -0.39 is 0 Å². The minimum atomic E-state index is 0.398. The Bertz CT molecular complexity index is 1070. The molecule has 0 spiro atoms. The molecule has 29 heavy (non-hydrogen) atoms. The lowest BCUT2D eigenvalue weighted by molar-refractivity contribution is 0.399. The average Bonchev–Trinajstić information content (AvgIpc) is 3.45. The second-order valence-electron chi connectivity index (χ2n) is 6.77. The highest BCUT2D eigenvalue weighted by atomic mass is 32.2. The Labute approximate surface area is 176 Å². The predicted molar refractivity (Wildman–Crippen MR) is 113 cm³/mol. The minimum Gasteiger partial charge on any atom is -0.420 e. The smallest absolute Gasteiger partial charge is 0.253 e. The van der Waals surface area contributed by atoms with Gasteiger partial charge in [-0.15, -0.1) is 20.4 Å². The summed E-state index contributed by atoms with van der Waals surface area (Å²) in [7, 11) is 0. The van der Waals surface area contributed by atoms with Gasteiger partial charge in [0.2, 0.25) is 11.0 Å². The van der Waals surface area contributed by atoms with Crippen LogP contribution in [-0.2, 0) is 5.75 Å². The molecule has 1 aromatic carbocycles. The summed E-state index contributed by atoms with van der Waals surface area (Å²) in [4.78, 5) is 0. The van der Waals surface area contributed by atoms with Gasteiger partial charge in [-0.2, -0.15) is 0 Å². The van der Waals surface area contributed by atoms with E-state index in [1.54, 1.807) is 0 Å². The zero-order chi connectivity index (χ0) is 20.2. The highest BCUT2D eigenvalue weighted by Gasteiger charge is 2.22. The maximum atomic E-state index is 5.88. The third-order valence-electron chi connectivity index (χ3n) is 3.98. The number of hydrogen-bond acceptors (Lipinski definition) is 10. The lowest BCUT2D eigenvalue weighted by Crippen LogP contribution is -2.07. The molecule has 0 saturated carbocycles. The molecular weight excluding hydrogens is 408 g/mol. The quantitative estimate of drug-likeness (QED) is 0.392. The van der Waals surface area contributed by atoms with E-state index in [0.29, 0.717) is 34.9 Å². The van der Waals surface area contributed by atoms with E-state index in [-0.39, 0.29) is 0 Å². The Hall–Kier alpha value is -2.72. The minimum absolute atomic E-state index is 0.398. The van der Waals surface area contributed by atoms with Crippen LogP contribution in [0.3, 0.4) is 0 Å². The van der Waals surface area contributed by atoms with Crippen molar-refractivity contribution in [2.75, 3.05) is 11.9 Å². The summed E-state index contributed by atoms with van der Waals surface area (Å²) in [5.41, 5.74) is 2.34. The lowest BCUT2D eigenvalue weighted by Gasteiger charge is -2.03. The highest BCUT2D eigenvalue weighted by molar-refractivity contribution is 8.00. The van der Waals surface area contributed by atoms with Gasteiger partial charge in [0.25, 0.3) is 5.89 Å². The molecule has 0 fully saturated rings. The van der Waals surface area contributed by atoms with E-state index in [1.807, 2.05) is 37.3 Å². The van der Waals surface area contributed by atoms with E-state index in [4.69, 9.17) is 8.94 Å². The summed E-state index contributed by atoms with van der Waals surface area (Å²) >= 11 is 3.03. The van der Waals surface area contributed by atoms with E-state index in [0.717, 1.165) is 27.1 Å². The molecule has 4 rings (SSSR count). The number of benzene rings is 1. The van der Waals surface area contributed by atoms with E-state index >= 15 is 0 Å². The van der Waals surface area contributed by atoms with Gasteiger partial charge < -0.3 is 14.3 Å². The number of aromatic nitrogens is 5. The van der Waals surface area contributed by atoms with Gasteiger partial charge >= 0.3 is 0 Å². The van der Waals surface area contributed by atoms with Gasteiger partial charge in [-0.05, 0) is 12.8 Å². The number of hydrogen-bond donors (Lipinski definition) is 1. The zero-order valence-electron chi connectivity index (χ0n) is 16.2. The van der Waals surface area contributed by atoms with Gasteiger partial charge in [0.15, 0.2) is 4.34 Å². The first-order chi connectivity index (χ1) is 14.1. The van der Waals surface area contributed by atoms with Gasteiger partial charge in [0.1, 0.15) is 17.0 Å². The maximum absolute atomic E-state index is 5.88. The summed E-state index contributed by atoms with van der Waals surface area (Å²) < 4.78 is 12.1. The van der Waals surface area contributed by atoms with Crippen molar-refractivity contribution in [3.63, 3.8) is 0 Å². The van der Waals surface area contributed by atoms with Crippen molar-refractivity contribution >= 4 is 28.2 Å². The van der Waals surface area contributed by atoms with Crippen molar-refractivity contribution in [3.05, 3.63) is 42.0 Å². The van der Waals surface area contributed by atoms with E-state index in [1.165, 1.54) is 23.1 Å². The van der Waals surface area contributed by atoms with Crippen LogP contribution in [0.2, 0.25) is 0 Å². The summed E-state index contributed by atoms with van der Waals surface area (Å²) in [5.74, 6) is 2.60. The fraction of sp³-hybridized carbons (Fsp3) is 0.316. The normalized spacial score (nSPS) is 11.3. The van der Waals surface area contributed by atoms with E-state index in [2.05, 4.69) is 44.7 Å². The van der Waals surface area contributed by atoms with Gasteiger partial charge in [0, 0.05) is 12.1 Å². The molecule has 0 saturated heterocycles. The Morgan fingerprint density at radius 3 is 2.72 bits per heavy atom. The van der Waals surface area contributed by atoms with Crippen LogP contribution < -0.4 is 5.32 Å². The number of nitrogens with one attached hydrogen (secondary N) is 1. The first kappa shape index (κ1) is 19.6. The Kier molecular flexibility index (Phi) is 5.91. The highest BCUT2D eigenvalue weighted by Crippen LogP contribution is 2.34. The molecular formula is C19H20N6O2S2. The second-order valence-corrected chi connectivity index (χ2v) is 8.97. The van der Waals surface area contributed by atoms with Gasteiger partial charge in [0.05, 0.1) is 5.75 Å². The number of anilines is 1. The van der Waals surface area contributed by atoms with Crippen molar-refractivity contribution in [1.82, 2.24) is 25.6 Å². The van der Waals surface area contributed by atoms with Crippen molar-refractivity contribution < 1.29 is 8.94 Å². The number of nitrogens with zero attached hydrogens (tertiary/aromatic N) is 5. The summed E-state index contributed by atoms with van der Waals surface area (Å²) in [5, 5.41) is 25.0. The molecule has 0 aliphatic heterocycles. The largest absolute Gasteiger partial charge is 0.420 e. The molecule has 150 valence electrons. The van der Waals surface area contributed by atoms with Gasteiger partial charge in [-0.25, -0.2) is 0 Å². The van der Waals surface area contributed by atoms with Crippen LogP contribution in [0.4, 0.5) is 5.13 Å². The summed E-state index contributed by atoms with van der Waals surface area (Å²) in [6.07, 6.45) is 0. The molecule has 0 atom stereocenters. The van der Waals surface area contributed by atoms with Crippen LogP contribution in [0.5, 0.6) is 0 Å². The van der Waals surface area contributed by atoms with Crippen molar-refractivity contribution in [1.29, 1.82) is 0 Å². The topological polar surface area (TPSA) is 103 Å². The number of aryl methyl sites for hydroxylation is 1. The molecule has 10 heteroatoms. The molecule has 3 heterocycles. The number of thioether (sulfide) groups is 1. The third kappa shape index (κ3) is 4.65. The molecule has 0 aliphatic carbocycles. The first-order valence-electron chi connectivity index (χ1n) is 9.14. The fourth-order valence-corrected chi connectivity index (χ4v) is 4.18. The third-order valence-corrected chi connectivity index (χ3v) is 5.98. The Morgan fingerprint density at radius 2 is 1.93 bits per heavy atom. The molecule has 1 N–H and O–H groups in total. The van der Waals surface area contributed by atoms with Crippen LogP contribution >= 0.6 is 23.1 Å². The zero-order valence-corrected chi connectivity index (χ0v) is 17.9. The fourth-order valence-electron chi connectivity index (χ4n) is 2.58. The van der Waals surface area contributed by atoms with Crippen molar-refractivity contribution in [3.8, 4) is 22.7 Å². The summed E-state index contributed by atoms with van der Waals surface area (Å²) in [6, 6.07) is 9.79. The van der Waals surface area contributed by atoms with Crippen molar-refractivity contribution in [2.45, 2.75) is 30.9 Å². The molecule has 3 aromatic heterocycles. The SMILES string of the molecule is Cc1onc(-c2ccccc2)c1-c1nnc(CSc2nnc(NCC(C)C)s2)o1. The van der Waals surface area contributed by atoms with Crippen LogP contribution in [0.1, 0.15) is 25.5 Å². The molecule has 0 bridgehead atoms. The van der Waals surface area contributed by atoms with Crippen LogP contribution in [0.15, 0.2) is 43.6 Å². The molecule has 0 amide bonds. The molecule has 0 unspecified atom stereocenters. The van der Waals surface area contributed by atoms with Gasteiger partial charge in [-0.1, -0.05) is 72.4 Å². The summed E-state index contributed by atoms with van der Waals surface area (Å²) in [6.45, 7) is 7.00. The van der Waals surface area contributed by atoms with E-state index in [9.17, 15) is 0 Å². The van der Waals surface area contributed by atoms with Crippen LogP contribution in [0, 0.1) is 12.8 Å². The second kappa shape index (κ2) is 8.75. The van der Waals surface area contributed by atoms with Crippen molar-refractivity contribution in [2.24, 2.45) is 5.92 Å². The Morgan fingerprint density at radius 1 is 1.10 bits per heavy atom. The molecule has 0 radical (unpaired) electrons. The average molecular weight is 429 g/mol. The maximum Gasteiger partial charge on any atom is 0.253 e. The molecule has 8 nitrogen and oxygen atoms in total. The molecule has 4 aromatic rings. The molecule has 0 aliphatic rings. The predicted octanol–water partition coefficient (Wildman–Crippen LogP) is 4.91. The first-order valence-corrected chi connectivity index (χ1v) is 10.9. The Balaban J connectivity index is 1.45. The monoisotopic (exact) mass is 428 g/mol. The van der Waals surface area contributed by atoms with Crippen LogP contribution in [0.25, 0.3) is 22.7 Å². The lowest BCUT2D eigenvalue weighted by atomic mass is 10.1. The number of rotatable bonds is 8. The van der Waals surface area contributed by atoms with Crippen LogP contribution in [-0.4, -0.2) is 32.1 Å². The van der Waals surface area contributed by atoms with Gasteiger partial charge in [-0.3, -0.25) is 0 Å². The standard InChI is InChI=1S/C19H20N6O2S2/c1-11(2)9-20-18-23-24-19(29-18)28-10-14-21-22-17(26-14)15-12(3)27-25-16(15)13-7-5-4-6-8-13/h4-8,11H,9-10H2,1-3H3,(H,20,23).